The topological polar surface area (TPSA) is 80.8 Å². The van der Waals surface area contributed by atoms with Gasteiger partial charge in [-0.05, 0) is 35.4 Å². The molecule has 0 atom stereocenters. The van der Waals surface area contributed by atoms with E-state index in [0.29, 0.717) is 0 Å². The molecule has 2 aromatic rings. The molecule has 8 heteroatoms. The van der Waals surface area contributed by atoms with Crippen molar-refractivity contribution < 1.29 is 21.6 Å². The smallest absolute Gasteiger partial charge is 0.243 e. The standard InChI is InChI=1S/C18H21NO5S2/c1-3-25(20,21)18-12-19(13-18)26(22,23)17-10-6-15(7-11-17)14-4-8-16(24-2)9-5-14/h4-11,18H,3,12-13H2,1-2H3. The SMILES string of the molecule is CCS(=O)(=O)C1CN(S(=O)(=O)c2ccc(-c3ccc(OC)cc3)cc2)C1. The van der Waals surface area contributed by atoms with Crippen molar-refractivity contribution in [2.45, 2.75) is 17.1 Å². The van der Waals surface area contributed by atoms with Crippen LogP contribution in [-0.4, -0.2) is 52.3 Å². The van der Waals surface area contributed by atoms with E-state index in [1.807, 2.05) is 24.3 Å². The van der Waals surface area contributed by atoms with Crippen LogP contribution in [0.25, 0.3) is 11.1 Å². The number of methoxy groups -OCH3 is 1. The van der Waals surface area contributed by atoms with Gasteiger partial charge in [0.15, 0.2) is 9.84 Å². The summed E-state index contributed by atoms with van der Waals surface area (Å²) in [4.78, 5) is 0.169. The van der Waals surface area contributed by atoms with Crippen LogP contribution in [0.3, 0.4) is 0 Å². The number of nitrogens with zero attached hydrogens (tertiary/aromatic N) is 1. The third-order valence-electron chi connectivity index (χ3n) is 4.64. The minimum absolute atomic E-state index is 0.0265. The molecule has 1 saturated heterocycles. The van der Waals surface area contributed by atoms with Crippen molar-refractivity contribution in [3.8, 4) is 16.9 Å². The normalized spacial score (nSPS) is 16.2. The maximum atomic E-state index is 12.6. The van der Waals surface area contributed by atoms with E-state index in [2.05, 4.69) is 0 Å². The number of sulfonamides is 1. The number of ether oxygens (including phenoxy) is 1. The zero-order valence-electron chi connectivity index (χ0n) is 14.6. The lowest BCUT2D eigenvalue weighted by Crippen LogP contribution is -2.57. The van der Waals surface area contributed by atoms with Crippen molar-refractivity contribution in [2.24, 2.45) is 0 Å². The van der Waals surface area contributed by atoms with E-state index in [1.165, 1.54) is 4.31 Å². The Morgan fingerprint density at radius 1 is 0.923 bits per heavy atom. The van der Waals surface area contributed by atoms with Gasteiger partial charge in [-0.3, -0.25) is 0 Å². The van der Waals surface area contributed by atoms with Crippen LogP contribution in [0.2, 0.25) is 0 Å². The molecule has 1 aliphatic heterocycles. The van der Waals surface area contributed by atoms with E-state index in [-0.39, 0.29) is 23.7 Å². The zero-order valence-corrected chi connectivity index (χ0v) is 16.3. The van der Waals surface area contributed by atoms with Gasteiger partial charge in [0.1, 0.15) is 5.75 Å². The van der Waals surface area contributed by atoms with Crippen molar-refractivity contribution in [3.63, 3.8) is 0 Å². The first-order valence-electron chi connectivity index (χ1n) is 8.24. The van der Waals surface area contributed by atoms with Crippen LogP contribution in [0.1, 0.15) is 6.92 Å². The molecule has 0 amide bonds. The molecule has 0 spiro atoms. The number of hydrogen-bond donors (Lipinski definition) is 0. The summed E-state index contributed by atoms with van der Waals surface area (Å²) in [5.74, 6) is 0.782. The Morgan fingerprint density at radius 2 is 1.42 bits per heavy atom. The van der Waals surface area contributed by atoms with Gasteiger partial charge in [-0.25, -0.2) is 16.8 Å². The fourth-order valence-electron chi connectivity index (χ4n) is 2.81. The van der Waals surface area contributed by atoms with Crippen LogP contribution >= 0.6 is 0 Å². The molecule has 1 heterocycles. The minimum Gasteiger partial charge on any atom is -0.497 e. The summed E-state index contributed by atoms with van der Waals surface area (Å²) >= 11 is 0. The Hall–Kier alpha value is -1.90. The lowest BCUT2D eigenvalue weighted by atomic mass is 10.1. The van der Waals surface area contributed by atoms with Gasteiger partial charge >= 0.3 is 0 Å². The third-order valence-corrected chi connectivity index (χ3v) is 8.60. The molecule has 6 nitrogen and oxygen atoms in total. The van der Waals surface area contributed by atoms with Crippen molar-refractivity contribution in [1.82, 2.24) is 4.31 Å². The van der Waals surface area contributed by atoms with Crippen molar-refractivity contribution in [2.75, 3.05) is 26.0 Å². The second-order valence-corrected chi connectivity index (χ2v) is 10.7. The number of rotatable bonds is 6. The molecule has 0 saturated carbocycles. The van der Waals surface area contributed by atoms with Crippen molar-refractivity contribution >= 4 is 19.9 Å². The fourth-order valence-corrected chi connectivity index (χ4v) is 5.82. The van der Waals surface area contributed by atoms with Crippen LogP contribution in [-0.2, 0) is 19.9 Å². The van der Waals surface area contributed by atoms with E-state index < -0.39 is 25.1 Å². The fraction of sp³-hybridized carbons (Fsp3) is 0.333. The van der Waals surface area contributed by atoms with E-state index in [1.54, 1.807) is 38.3 Å². The molecule has 0 aromatic heterocycles. The van der Waals surface area contributed by atoms with Gasteiger partial charge in [0.2, 0.25) is 10.0 Å². The monoisotopic (exact) mass is 395 g/mol. The van der Waals surface area contributed by atoms with Crippen LogP contribution in [0.4, 0.5) is 0 Å². The highest BCUT2D eigenvalue weighted by molar-refractivity contribution is 7.92. The van der Waals surface area contributed by atoms with Crippen LogP contribution in [0.15, 0.2) is 53.4 Å². The summed E-state index contributed by atoms with van der Waals surface area (Å²) in [6, 6.07) is 14.1. The average molecular weight is 396 g/mol. The van der Waals surface area contributed by atoms with Gasteiger partial charge in [0.25, 0.3) is 0 Å². The van der Waals surface area contributed by atoms with Gasteiger partial charge in [0.05, 0.1) is 17.3 Å². The molecule has 0 radical (unpaired) electrons. The molecule has 26 heavy (non-hydrogen) atoms. The Balaban J connectivity index is 1.75. The second-order valence-electron chi connectivity index (χ2n) is 6.15. The molecular formula is C18H21NO5S2. The summed E-state index contributed by atoms with van der Waals surface area (Å²) < 4.78 is 55.2. The molecule has 1 fully saturated rings. The number of sulfone groups is 1. The largest absolute Gasteiger partial charge is 0.497 e. The highest BCUT2D eigenvalue weighted by atomic mass is 32.2. The molecule has 3 rings (SSSR count). The molecule has 0 N–H and O–H groups in total. The highest BCUT2D eigenvalue weighted by Crippen LogP contribution is 2.28. The molecular weight excluding hydrogens is 374 g/mol. The molecule has 2 aromatic carbocycles. The summed E-state index contributed by atoms with van der Waals surface area (Å²) in [7, 11) is -5.27. The number of hydrogen-bond acceptors (Lipinski definition) is 5. The van der Waals surface area contributed by atoms with E-state index in [9.17, 15) is 16.8 Å². The molecule has 0 unspecified atom stereocenters. The van der Waals surface area contributed by atoms with Crippen LogP contribution in [0.5, 0.6) is 5.75 Å². The van der Waals surface area contributed by atoms with Crippen molar-refractivity contribution in [3.05, 3.63) is 48.5 Å². The maximum absolute atomic E-state index is 12.6. The first-order chi connectivity index (χ1) is 12.3. The highest BCUT2D eigenvalue weighted by Gasteiger charge is 2.42. The lowest BCUT2D eigenvalue weighted by Gasteiger charge is -2.37. The summed E-state index contributed by atoms with van der Waals surface area (Å²) in [6.07, 6.45) is 0. The Labute approximate surface area is 154 Å². The molecule has 140 valence electrons. The molecule has 1 aliphatic rings. The Kier molecular flexibility index (Phi) is 5.09. The van der Waals surface area contributed by atoms with E-state index >= 15 is 0 Å². The third kappa shape index (κ3) is 3.49. The second kappa shape index (κ2) is 7.02. The van der Waals surface area contributed by atoms with Crippen molar-refractivity contribution in [1.29, 1.82) is 0 Å². The summed E-state index contributed by atoms with van der Waals surface area (Å²) in [6.45, 7) is 1.63. The Morgan fingerprint density at radius 3 is 1.88 bits per heavy atom. The summed E-state index contributed by atoms with van der Waals surface area (Å²) in [5, 5.41) is -0.596. The van der Waals surface area contributed by atoms with Crippen LogP contribution < -0.4 is 4.74 Å². The predicted octanol–water partition coefficient (Wildman–Crippen LogP) is 2.17. The van der Waals surface area contributed by atoms with E-state index in [0.717, 1.165) is 16.9 Å². The molecule has 0 aliphatic carbocycles. The Bertz CT molecular complexity index is 975. The molecule has 0 bridgehead atoms. The minimum atomic E-state index is -3.66. The van der Waals surface area contributed by atoms with Gasteiger partial charge in [-0.2, -0.15) is 4.31 Å². The zero-order chi connectivity index (χ0) is 18.9. The van der Waals surface area contributed by atoms with Crippen LogP contribution in [0, 0.1) is 0 Å². The summed E-state index contributed by atoms with van der Waals surface area (Å²) in [5.41, 5.74) is 1.84. The van der Waals surface area contributed by atoms with Gasteiger partial charge in [-0.15, -0.1) is 0 Å². The van der Waals surface area contributed by atoms with Gasteiger partial charge in [-0.1, -0.05) is 31.2 Å². The number of benzene rings is 2. The maximum Gasteiger partial charge on any atom is 0.243 e. The average Bonchev–Trinajstić information content (AvgIpc) is 2.60. The first-order valence-corrected chi connectivity index (χ1v) is 11.4. The van der Waals surface area contributed by atoms with Gasteiger partial charge in [0, 0.05) is 18.8 Å². The predicted molar refractivity (Wildman–Crippen MR) is 100 cm³/mol. The van der Waals surface area contributed by atoms with Gasteiger partial charge < -0.3 is 4.74 Å². The van der Waals surface area contributed by atoms with E-state index in [4.69, 9.17) is 4.74 Å². The lowest BCUT2D eigenvalue weighted by molar-refractivity contribution is 0.310. The quantitative estimate of drug-likeness (QED) is 0.749. The first kappa shape index (κ1) is 18.9.